The maximum Gasteiger partial charge on any atom is 0.273 e. The van der Waals surface area contributed by atoms with E-state index in [4.69, 9.17) is 4.74 Å². The van der Waals surface area contributed by atoms with Crippen LogP contribution >= 0.6 is 11.3 Å². The lowest BCUT2D eigenvalue weighted by Crippen LogP contribution is -2.27. The fourth-order valence-electron chi connectivity index (χ4n) is 2.83. The number of carbonyl (C=O) groups excluding carboxylic acids is 2. The summed E-state index contributed by atoms with van der Waals surface area (Å²) in [5, 5.41) is 9.55. The zero-order valence-corrected chi connectivity index (χ0v) is 17.6. The quantitative estimate of drug-likeness (QED) is 0.643. The summed E-state index contributed by atoms with van der Waals surface area (Å²) in [4.78, 5) is 29.9. The molecule has 2 amide bonds. The molecule has 0 spiro atoms. The zero-order valence-electron chi connectivity index (χ0n) is 16.7. The van der Waals surface area contributed by atoms with Crippen molar-refractivity contribution in [1.29, 1.82) is 0 Å². The van der Waals surface area contributed by atoms with E-state index in [1.807, 2.05) is 37.4 Å². The number of methoxy groups -OCH3 is 1. The van der Waals surface area contributed by atoms with E-state index >= 15 is 0 Å². The van der Waals surface area contributed by atoms with Crippen molar-refractivity contribution in [1.82, 2.24) is 25.0 Å². The standard InChI is InChI=1S/C20H23N5O3S/c1-13(22-14(2)26)19-23-18(12-29-19)20(27)24(3)10-15-9-21-25(11-15)16-6-5-7-17(8-16)28-4/h5-9,11-13H,10H2,1-4H3,(H,22,26)/t13-/m0/s1. The van der Waals surface area contributed by atoms with Crippen molar-refractivity contribution < 1.29 is 14.3 Å². The third-order valence-electron chi connectivity index (χ3n) is 4.25. The maximum absolute atomic E-state index is 12.7. The van der Waals surface area contributed by atoms with Crippen LogP contribution in [0.15, 0.2) is 42.0 Å². The molecule has 0 unspecified atom stereocenters. The van der Waals surface area contributed by atoms with Crippen molar-refractivity contribution >= 4 is 23.2 Å². The monoisotopic (exact) mass is 413 g/mol. The molecule has 2 heterocycles. The van der Waals surface area contributed by atoms with E-state index in [0.717, 1.165) is 17.0 Å². The highest BCUT2D eigenvalue weighted by molar-refractivity contribution is 7.09. The Labute approximate surface area is 173 Å². The van der Waals surface area contributed by atoms with Crippen LogP contribution in [0, 0.1) is 0 Å². The molecule has 0 bridgehead atoms. The first kappa shape index (κ1) is 20.5. The van der Waals surface area contributed by atoms with E-state index in [9.17, 15) is 9.59 Å². The summed E-state index contributed by atoms with van der Waals surface area (Å²) in [5.74, 6) is 0.432. The van der Waals surface area contributed by atoms with Gasteiger partial charge in [-0.3, -0.25) is 9.59 Å². The SMILES string of the molecule is COc1cccc(-n2cc(CN(C)C(=O)c3csc([C@H](C)NC(C)=O)n3)cn2)c1. The Bertz CT molecular complexity index is 1010. The Morgan fingerprint density at radius 3 is 2.90 bits per heavy atom. The number of nitrogens with zero attached hydrogens (tertiary/aromatic N) is 4. The molecular formula is C20H23N5O3S. The van der Waals surface area contributed by atoms with Gasteiger partial charge in [0.1, 0.15) is 16.5 Å². The van der Waals surface area contributed by atoms with Crippen molar-refractivity contribution in [3.63, 3.8) is 0 Å². The molecule has 0 aliphatic heterocycles. The van der Waals surface area contributed by atoms with Gasteiger partial charge in [-0.25, -0.2) is 9.67 Å². The molecule has 2 aromatic heterocycles. The van der Waals surface area contributed by atoms with Crippen LogP contribution in [0.3, 0.4) is 0 Å². The third-order valence-corrected chi connectivity index (χ3v) is 5.28. The highest BCUT2D eigenvalue weighted by Gasteiger charge is 2.19. The smallest absolute Gasteiger partial charge is 0.273 e. The van der Waals surface area contributed by atoms with Crippen LogP contribution in [-0.2, 0) is 11.3 Å². The number of ether oxygens (including phenoxy) is 1. The molecule has 0 radical (unpaired) electrons. The number of thiazole rings is 1. The van der Waals surface area contributed by atoms with E-state index in [1.54, 1.807) is 35.3 Å². The Hall–Kier alpha value is -3.20. The van der Waals surface area contributed by atoms with E-state index in [-0.39, 0.29) is 17.9 Å². The first-order chi connectivity index (χ1) is 13.9. The van der Waals surface area contributed by atoms with Crippen molar-refractivity contribution in [2.45, 2.75) is 26.4 Å². The van der Waals surface area contributed by atoms with Crippen LogP contribution < -0.4 is 10.1 Å². The van der Waals surface area contributed by atoms with Crippen LogP contribution in [0.1, 0.15) is 40.9 Å². The molecule has 1 N–H and O–H groups in total. The van der Waals surface area contributed by atoms with Crippen molar-refractivity contribution in [2.75, 3.05) is 14.2 Å². The van der Waals surface area contributed by atoms with Gasteiger partial charge in [0, 0.05) is 43.7 Å². The van der Waals surface area contributed by atoms with Gasteiger partial charge in [0.25, 0.3) is 5.91 Å². The molecule has 0 saturated carbocycles. The molecular weight excluding hydrogens is 390 g/mol. The van der Waals surface area contributed by atoms with E-state index in [0.29, 0.717) is 17.2 Å². The molecule has 0 aliphatic carbocycles. The highest BCUT2D eigenvalue weighted by atomic mass is 32.1. The summed E-state index contributed by atoms with van der Waals surface area (Å²) in [5.41, 5.74) is 2.14. The van der Waals surface area contributed by atoms with Crippen LogP contribution in [0.5, 0.6) is 5.75 Å². The molecule has 152 valence electrons. The van der Waals surface area contributed by atoms with Gasteiger partial charge in [0.05, 0.1) is 25.0 Å². The number of hydrogen-bond donors (Lipinski definition) is 1. The minimum Gasteiger partial charge on any atom is -0.497 e. The van der Waals surface area contributed by atoms with Gasteiger partial charge in [-0.05, 0) is 19.1 Å². The fourth-order valence-corrected chi connectivity index (χ4v) is 3.63. The lowest BCUT2D eigenvalue weighted by Gasteiger charge is -2.14. The van der Waals surface area contributed by atoms with E-state index in [1.165, 1.54) is 18.3 Å². The average molecular weight is 414 g/mol. The normalized spacial score (nSPS) is 11.7. The molecule has 1 aromatic carbocycles. The predicted octanol–water partition coefficient (Wildman–Crippen LogP) is 2.81. The molecule has 9 heteroatoms. The number of nitrogens with one attached hydrogen (secondary N) is 1. The summed E-state index contributed by atoms with van der Waals surface area (Å²) in [6, 6.07) is 7.35. The van der Waals surface area contributed by atoms with Gasteiger partial charge in [-0.2, -0.15) is 5.10 Å². The Kier molecular flexibility index (Phi) is 6.28. The molecule has 0 aliphatic rings. The first-order valence-electron chi connectivity index (χ1n) is 9.03. The van der Waals surface area contributed by atoms with Crippen LogP contribution in [0.2, 0.25) is 0 Å². The number of benzene rings is 1. The minimum atomic E-state index is -0.231. The highest BCUT2D eigenvalue weighted by Crippen LogP contribution is 2.20. The van der Waals surface area contributed by atoms with Gasteiger partial charge >= 0.3 is 0 Å². The van der Waals surface area contributed by atoms with Crippen molar-refractivity contribution in [3.8, 4) is 11.4 Å². The van der Waals surface area contributed by atoms with Gasteiger partial charge in [0.15, 0.2) is 0 Å². The van der Waals surface area contributed by atoms with E-state index in [2.05, 4.69) is 15.4 Å². The van der Waals surface area contributed by atoms with Gasteiger partial charge in [-0.15, -0.1) is 11.3 Å². The lowest BCUT2D eigenvalue weighted by atomic mass is 10.3. The third kappa shape index (κ3) is 5.00. The summed E-state index contributed by atoms with van der Waals surface area (Å²) in [6.07, 6.45) is 3.61. The zero-order chi connectivity index (χ0) is 21.0. The van der Waals surface area contributed by atoms with Gasteiger partial charge in [0.2, 0.25) is 5.91 Å². The number of hydrogen-bond acceptors (Lipinski definition) is 6. The Morgan fingerprint density at radius 2 is 2.17 bits per heavy atom. The average Bonchev–Trinajstić information content (AvgIpc) is 3.37. The molecule has 3 rings (SSSR count). The van der Waals surface area contributed by atoms with Crippen molar-refractivity contribution in [2.24, 2.45) is 0 Å². The molecule has 3 aromatic rings. The second-order valence-corrected chi connectivity index (χ2v) is 7.54. The number of amides is 2. The van der Waals surface area contributed by atoms with Gasteiger partial charge < -0.3 is 15.0 Å². The lowest BCUT2D eigenvalue weighted by molar-refractivity contribution is -0.119. The van der Waals surface area contributed by atoms with Crippen LogP contribution in [0.4, 0.5) is 0 Å². The van der Waals surface area contributed by atoms with Crippen molar-refractivity contribution in [3.05, 3.63) is 58.3 Å². The summed E-state index contributed by atoms with van der Waals surface area (Å²) >= 11 is 1.35. The number of carbonyl (C=O) groups is 2. The molecule has 0 fully saturated rings. The first-order valence-corrected chi connectivity index (χ1v) is 9.91. The number of aromatic nitrogens is 3. The van der Waals surface area contributed by atoms with Crippen LogP contribution in [0.25, 0.3) is 5.69 Å². The minimum absolute atomic E-state index is 0.134. The molecule has 29 heavy (non-hydrogen) atoms. The fraction of sp³-hybridized carbons (Fsp3) is 0.300. The van der Waals surface area contributed by atoms with Crippen LogP contribution in [-0.4, -0.2) is 45.6 Å². The van der Waals surface area contributed by atoms with E-state index < -0.39 is 0 Å². The molecule has 0 saturated heterocycles. The summed E-state index contributed by atoms with van der Waals surface area (Å²) < 4.78 is 6.99. The predicted molar refractivity (Wildman–Crippen MR) is 110 cm³/mol. The maximum atomic E-state index is 12.7. The molecule has 8 nitrogen and oxygen atoms in total. The van der Waals surface area contributed by atoms with Gasteiger partial charge in [-0.1, -0.05) is 6.07 Å². The second-order valence-electron chi connectivity index (χ2n) is 6.65. The topological polar surface area (TPSA) is 89.4 Å². The Morgan fingerprint density at radius 1 is 1.38 bits per heavy atom. The number of rotatable bonds is 7. The second kappa shape index (κ2) is 8.87. The largest absolute Gasteiger partial charge is 0.497 e. The summed E-state index contributed by atoms with van der Waals surface area (Å²) in [6.45, 7) is 3.69. The molecule has 1 atom stereocenters. The Balaban J connectivity index is 1.67. The summed E-state index contributed by atoms with van der Waals surface area (Å²) in [7, 11) is 3.34.